The number of ether oxygens (including phenoxy) is 1. The Morgan fingerprint density at radius 1 is 1.10 bits per heavy atom. The summed E-state index contributed by atoms with van der Waals surface area (Å²) in [6.07, 6.45) is 0. The van der Waals surface area contributed by atoms with Crippen molar-refractivity contribution in [1.29, 1.82) is 0 Å². The van der Waals surface area contributed by atoms with E-state index in [1.807, 2.05) is 67.6 Å². The van der Waals surface area contributed by atoms with Gasteiger partial charge in [-0.2, -0.15) is 0 Å². The quantitative estimate of drug-likeness (QED) is 0.590. The second-order valence-electron chi connectivity index (χ2n) is 7.13. The first-order valence-corrected chi connectivity index (χ1v) is 10.4. The van der Waals surface area contributed by atoms with Crippen LogP contribution < -0.4 is 15.0 Å². The molecule has 2 amide bonds. The number of carbonyl (C=O) groups excluding carboxylic acids is 2. The molecule has 0 spiro atoms. The summed E-state index contributed by atoms with van der Waals surface area (Å²) in [5.41, 5.74) is 3.81. The Kier molecular flexibility index (Phi) is 5.59. The van der Waals surface area contributed by atoms with Gasteiger partial charge in [-0.15, -0.1) is 0 Å². The second kappa shape index (κ2) is 8.32. The highest BCUT2D eigenvalue weighted by Gasteiger charge is 2.41. The molecule has 0 unspecified atom stereocenters. The third-order valence-corrected chi connectivity index (χ3v) is 6.17. The zero-order chi connectivity index (χ0) is 21.3. The van der Waals surface area contributed by atoms with Gasteiger partial charge >= 0.3 is 0 Å². The predicted octanol–water partition coefficient (Wildman–Crippen LogP) is 4.78. The molecule has 1 aliphatic rings. The Labute approximate surface area is 183 Å². The maximum Gasteiger partial charge on any atom is 0.259 e. The van der Waals surface area contributed by atoms with E-state index < -0.39 is 6.04 Å². The third kappa shape index (κ3) is 3.59. The minimum absolute atomic E-state index is 0.176. The molecule has 1 aliphatic heterocycles. The van der Waals surface area contributed by atoms with E-state index in [1.165, 1.54) is 0 Å². The first-order chi connectivity index (χ1) is 14.5. The summed E-state index contributed by atoms with van der Waals surface area (Å²) in [5, 5.41) is 2.98. The number of halogens is 1. The summed E-state index contributed by atoms with van der Waals surface area (Å²) in [6.45, 7) is 2.26. The number of anilines is 1. The van der Waals surface area contributed by atoms with E-state index in [0.29, 0.717) is 29.1 Å². The Morgan fingerprint density at radius 2 is 1.83 bits per heavy atom. The summed E-state index contributed by atoms with van der Waals surface area (Å²) >= 11 is 3.50. The average Bonchev–Trinajstić information content (AvgIpc) is 3.07. The summed E-state index contributed by atoms with van der Waals surface area (Å²) in [7, 11) is 1.60. The minimum atomic E-state index is -0.732. The molecule has 0 saturated carbocycles. The number of fused-ring (bicyclic) bond motifs is 1. The van der Waals surface area contributed by atoms with E-state index >= 15 is 0 Å². The molecule has 1 heterocycles. The number of nitrogens with one attached hydrogen (secondary N) is 1. The van der Waals surface area contributed by atoms with Crippen molar-refractivity contribution < 1.29 is 14.3 Å². The molecule has 0 radical (unpaired) electrons. The van der Waals surface area contributed by atoms with E-state index in [4.69, 9.17) is 4.74 Å². The number of para-hydroxylation sites is 1. The molecule has 1 N–H and O–H groups in total. The number of benzene rings is 3. The van der Waals surface area contributed by atoms with Gasteiger partial charge in [0.15, 0.2) is 0 Å². The number of amides is 2. The number of hydrogen-bond donors (Lipinski definition) is 1. The zero-order valence-corrected chi connectivity index (χ0v) is 18.3. The van der Waals surface area contributed by atoms with Crippen LogP contribution in [0, 0.1) is 6.92 Å². The SMILES string of the molecule is COc1ccccc1CNC(=O)[C@@H]1c2ccccc2C(=O)N1c1ccc(Br)c(C)c1. The standard InChI is InChI=1S/C24H21BrN2O3/c1-15-13-17(11-12-20(15)25)27-22(18-8-4-5-9-19(18)24(27)29)23(28)26-14-16-7-3-6-10-21(16)30-2/h3-13,22H,14H2,1-2H3,(H,26,28)/t22-/m0/s1. The molecule has 3 aromatic rings. The minimum Gasteiger partial charge on any atom is -0.496 e. The third-order valence-electron chi connectivity index (χ3n) is 5.28. The van der Waals surface area contributed by atoms with Gasteiger partial charge in [0.05, 0.1) is 7.11 Å². The van der Waals surface area contributed by atoms with Gasteiger partial charge in [-0.05, 0) is 48.4 Å². The maximum absolute atomic E-state index is 13.3. The van der Waals surface area contributed by atoms with Crippen LogP contribution >= 0.6 is 15.9 Å². The number of carbonyl (C=O) groups is 2. The number of nitrogens with zero attached hydrogens (tertiary/aromatic N) is 1. The van der Waals surface area contributed by atoms with Crippen LogP contribution in [0.2, 0.25) is 0 Å². The average molecular weight is 465 g/mol. The van der Waals surface area contributed by atoms with Crippen molar-refractivity contribution in [3.05, 3.63) is 93.5 Å². The van der Waals surface area contributed by atoms with Gasteiger partial charge in [0.1, 0.15) is 11.8 Å². The highest BCUT2D eigenvalue weighted by atomic mass is 79.9. The van der Waals surface area contributed by atoms with E-state index in [0.717, 1.165) is 15.6 Å². The van der Waals surface area contributed by atoms with Crippen LogP contribution in [0.1, 0.15) is 33.1 Å². The fourth-order valence-corrected chi connectivity index (χ4v) is 3.99. The monoisotopic (exact) mass is 464 g/mol. The van der Waals surface area contributed by atoms with Gasteiger partial charge in [-0.1, -0.05) is 52.3 Å². The summed E-state index contributed by atoms with van der Waals surface area (Å²) in [4.78, 5) is 28.1. The van der Waals surface area contributed by atoms with Crippen molar-refractivity contribution in [3.8, 4) is 5.75 Å². The van der Waals surface area contributed by atoms with Crippen LogP contribution in [0.4, 0.5) is 5.69 Å². The largest absolute Gasteiger partial charge is 0.496 e. The predicted molar refractivity (Wildman–Crippen MR) is 120 cm³/mol. The van der Waals surface area contributed by atoms with Crippen LogP contribution in [-0.2, 0) is 11.3 Å². The molecule has 1 atom stereocenters. The highest BCUT2D eigenvalue weighted by Crippen LogP contribution is 2.38. The molecule has 3 aromatic carbocycles. The molecule has 0 aliphatic carbocycles. The van der Waals surface area contributed by atoms with Crippen molar-refractivity contribution in [2.24, 2.45) is 0 Å². The van der Waals surface area contributed by atoms with Gasteiger partial charge < -0.3 is 10.1 Å². The Hall–Kier alpha value is -3.12. The molecule has 0 bridgehead atoms. The van der Waals surface area contributed by atoms with Gasteiger partial charge in [0.2, 0.25) is 5.91 Å². The molecular weight excluding hydrogens is 444 g/mol. The van der Waals surface area contributed by atoms with E-state index in [-0.39, 0.29) is 11.8 Å². The van der Waals surface area contributed by atoms with Crippen LogP contribution in [0.3, 0.4) is 0 Å². The van der Waals surface area contributed by atoms with E-state index in [1.54, 1.807) is 18.1 Å². The molecule has 0 aromatic heterocycles. The topological polar surface area (TPSA) is 58.6 Å². The second-order valence-corrected chi connectivity index (χ2v) is 7.98. The number of rotatable bonds is 5. The van der Waals surface area contributed by atoms with Crippen LogP contribution in [0.25, 0.3) is 0 Å². The molecule has 152 valence electrons. The Balaban J connectivity index is 1.67. The molecule has 6 heteroatoms. The normalized spacial score (nSPS) is 15.1. The zero-order valence-electron chi connectivity index (χ0n) is 16.7. The van der Waals surface area contributed by atoms with Crippen LogP contribution in [-0.4, -0.2) is 18.9 Å². The fraction of sp³-hybridized carbons (Fsp3) is 0.167. The maximum atomic E-state index is 13.3. The summed E-state index contributed by atoms with van der Waals surface area (Å²) in [6, 6.07) is 19.7. The Morgan fingerprint density at radius 3 is 2.60 bits per heavy atom. The summed E-state index contributed by atoms with van der Waals surface area (Å²) < 4.78 is 6.32. The first kappa shape index (κ1) is 20.2. The molecule has 0 saturated heterocycles. The van der Waals surface area contributed by atoms with Gasteiger partial charge in [0.25, 0.3) is 5.91 Å². The first-order valence-electron chi connectivity index (χ1n) is 9.59. The number of aryl methyl sites for hydroxylation is 1. The Bertz CT molecular complexity index is 1130. The number of methoxy groups -OCH3 is 1. The lowest BCUT2D eigenvalue weighted by molar-refractivity contribution is -0.122. The lowest BCUT2D eigenvalue weighted by atomic mass is 10.0. The van der Waals surface area contributed by atoms with Crippen LogP contribution in [0.15, 0.2) is 71.2 Å². The molecule has 0 fully saturated rings. The van der Waals surface area contributed by atoms with E-state index in [9.17, 15) is 9.59 Å². The van der Waals surface area contributed by atoms with Gasteiger partial charge in [0, 0.05) is 27.8 Å². The van der Waals surface area contributed by atoms with Gasteiger partial charge in [-0.25, -0.2) is 0 Å². The fourth-order valence-electron chi connectivity index (χ4n) is 3.75. The van der Waals surface area contributed by atoms with Crippen molar-refractivity contribution in [2.45, 2.75) is 19.5 Å². The molecule has 5 nitrogen and oxygen atoms in total. The smallest absolute Gasteiger partial charge is 0.259 e. The number of hydrogen-bond acceptors (Lipinski definition) is 3. The van der Waals surface area contributed by atoms with Crippen molar-refractivity contribution in [2.75, 3.05) is 12.0 Å². The van der Waals surface area contributed by atoms with E-state index in [2.05, 4.69) is 21.2 Å². The molecular formula is C24H21BrN2O3. The molecule has 4 rings (SSSR count). The van der Waals surface area contributed by atoms with Crippen LogP contribution in [0.5, 0.6) is 5.75 Å². The van der Waals surface area contributed by atoms with Gasteiger partial charge in [-0.3, -0.25) is 14.5 Å². The van der Waals surface area contributed by atoms with Crippen molar-refractivity contribution in [1.82, 2.24) is 5.32 Å². The van der Waals surface area contributed by atoms with Crippen molar-refractivity contribution in [3.63, 3.8) is 0 Å². The summed E-state index contributed by atoms with van der Waals surface area (Å²) in [5.74, 6) is 0.297. The van der Waals surface area contributed by atoms with Crippen molar-refractivity contribution >= 4 is 33.4 Å². The highest BCUT2D eigenvalue weighted by molar-refractivity contribution is 9.10. The molecule has 30 heavy (non-hydrogen) atoms. The lowest BCUT2D eigenvalue weighted by Crippen LogP contribution is -2.39. The lowest BCUT2D eigenvalue weighted by Gasteiger charge is -2.25.